The van der Waals surface area contributed by atoms with Gasteiger partial charge in [0.2, 0.25) is 17.6 Å². The van der Waals surface area contributed by atoms with Crippen molar-refractivity contribution in [2.24, 2.45) is 0 Å². The fourth-order valence-electron chi connectivity index (χ4n) is 2.87. The number of anilines is 1. The van der Waals surface area contributed by atoms with E-state index in [4.69, 9.17) is 16.1 Å². The second-order valence-corrected chi connectivity index (χ2v) is 7.06. The zero-order chi connectivity index (χ0) is 21.1. The number of aromatic nitrogens is 4. The van der Waals surface area contributed by atoms with Gasteiger partial charge in [-0.25, -0.2) is 9.07 Å². The Hall–Kier alpha value is -3.52. The Balaban J connectivity index is 1.40. The van der Waals surface area contributed by atoms with Gasteiger partial charge in [0.1, 0.15) is 11.6 Å². The number of benzene rings is 2. The van der Waals surface area contributed by atoms with E-state index in [1.807, 2.05) is 6.92 Å². The SMILES string of the molecule is Cc1cc(NC(=O)CCc2nc(-c3ccc(Cl)cc3)no2)n(-c2ccc(F)cc2)n1. The Bertz CT molecular complexity index is 1170. The molecule has 0 atom stereocenters. The van der Waals surface area contributed by atoms with Crippen molar-refractivity contribution in [3.05, 3.63) is 77.0 Å². The maximum Gasteiger partial charge on any atom is 0.227 e. The molecule has 0 saturated carbocycles. The van der Waals surface area contributed by atoms with E-state index in [-0.39, 0.29) is 24.6 Å². The van der Waals surface area contributed by atoms with E-state index in [0.29, 0.717) is 28.2 Å². The van der Waals surface area contributed by atoms with Gasteiger partial charge >= 0.3 is 0 Å². The minimum atomic E-state index is -0.342. The molecule has 0 radical (unpaired) electrons. The standard InChI is InChI=1S/C21H17ClFN5O2/c1-13-12-18(28(26-13)17-8-6-16(23)7-9-17)24-19(29)10-11-20-25-21(27-30-20)14-2-4-15(22)5-3-14/h2-9,12H,10-11H2,1H3,(H,24,29). The summed E-state index contributed by atoms with van der Waals surface area (Å²) < 4.78 is 20.0. The highest BCUT2D eigenvalue weighted by atomic mass is 35.5. The van der Waals surface area contributed by atoms with Gasteiger partial charge in [0, 0.05) is 29.5 Å². The van der Waals surface area contributed by atoms with Crippen molar-refractivity contribution in [2.45, 2.75) is 19.8 Å². The molecule has 0 bridgehead atoms. The van der Waals surface area contributed by atoms with E-state index < -0.39 is 0 Å². The first-order valence-electron chi connectivity index (χ1n) is 9.19. The first-order valence-corrected chi connectivity index (χ1v) is 9.57. The lowest BCUT2D eigenvalue weighted by molar-refractivity contribution is -0.116. The molecule has 2 heterocycles. The Labute approximate surface area is 176 Å². The van der Waals surface area contributed by atoms with Gasteiger partial charge in [0.15, 0.2) is 0 Å². The molecule has 0 aliphatic heterocycles. The van der Waals surface area contributed by atoms with Gasteiger partial charge in [-0.05, 0) is 55.5 Å². The summed E-state index contributed by atoms with van der Waals surface area (Å²) in [7, 11) is 0. The molecule has 7 nitrogen and oxygen atoms in total. The van der Waals surface area contributed by atoms with Crippen LogP contribution in [0.25, 0.3) is 17.1 Å². The van der Waals surface area contributed by atoms with Gasteiger partial charge in [-0.3, -0.25) is 4.79 Å². The fraction of sp³-hybridized carbons (Fsp3) is 0.143. The summed E-state index contributed by atoms with van der Waals surface area (Å²) in [5, 5.41) is 11.7. The molecule has 9 heteroatoms. The van der Waals surface area contributed by atoms with Crippen LogP contribution < -0.4 is 5.32 Å². The summed E-state index contributed by atoms with van der Waals surface area (Å²) in [6, 6.07) is 14.7. The van der Waals surface area contributed by atoms with Crippen molar-refractivity contribution in [3.8, 4) is 17.1 Å². The first kappa shape index (κ1) is 19.8. The van der Waals surface area contributed by atoms with E-state index in [1.165, 1.54) is 12.1 Å². The molecular formula is C21H17ClFN5O2. The van der Waals surface area contributed by atoms with Crippen LogP contribution in [0.5, 0.6) is 0 Å². The summed E-state index contributed by atoms with van der Waals surface area (Å²) in [4.78, 5) is 16.7. The van der Waals surface area contributed by atoms with Crippen molar-refractivity contribution in [2.75, 3.05) is 5.32 Å². The van der Waals surface area contributed by atoms with Crippen molar-refractivity contribution < 1.29 is 13.7 Å². The lowest BCUT2D eigenvalue weighted by atomic mass is 10.2. The second kappa shape index (κ2) is 8.46. The molecule has 2 aromatic carbocycles. The normalized spacial score (nSPS) is 10.9. The van der Waals surface area contributed by atoms with Crippen molar-refractivity contribution in [3.63, 3.8) is 0 Å². The second-order valence-electron chi connectivity index (χ2n) is 6.63. The molecule has 4 aromatic rings. The maximum atomic E-state index is 13.2. The highest BCUT2D eigenvalue weighted by Gasteiger charge is 2.14. The van der Waals surface area contributed by atoms with Gasteiger partial charge in [-0.1, -0.05) is 16.8 Å². The van der Waals surface area contributed by atoms with Crippen LogP contribution in [0.4, 0.5) is 10.2 Å². The molecule has 152 valence electrons. The molecule has 0 saturated heterocycles. The van der Waals surface area contributed by atoms with E-state index in [9.17, 15) is 9.18 Å². The predicted octanol–water partition coefficient (Wildman–Crippen LogP) is 4.59. The summed E-state index contributed by atoms with van der Waals surface area (Å²) in [5.74, 6) is 0.720. The number of aryl methyl sites for hydroxylation is 2. The molecule has 4 rings (SSSR count). The summed E-state index contributed by atoms with van der Waals surface area (Å²) in [6.07, 6.45) is 0.436. The molecule has 2 aromatic heterocycles. The molecule has 30 heavy (non-hydrogen) atoms. The molecule has 1 N–H and O–H groups in total. The minimum absolute atomic E-state index is 0.149. The van der Waals surface area contributed by atoms with Gasteiger partial charge in [0.05, 0.1) is 11.4 Å². The minimum Gasteiger partial charge on any atom is -0.339 e. The van der Waals surface area contributed by atoms with Crippen LogP contribution in [0.2, 0.25) is 5.02 Å². The molecular weight excluding hydrogens is 409 g/mol. The summed E-state index contributed by atoms with van der Waals surface area (Å²) in [5.41, 5.74) is 2.14. The number of nitrogens with zero attached hydrogens (tertiary/aromatic N) is 4. The Morgan fingerprint density at radius 3 is 2.63 bits per heavy atom. The highest BCUT2D eigenvalue weighted by Crippen LogP contribution is 2.20. The van der Waals surface area contributed by atoms with E-state index in [2.05, 4.69) is 20.6 Å². The number of rotatable bonds is 6. The van der Waals surface area contributed by atoms with Crippen LogP contribution in [0.3, 0.4) is 0 Å². The zero-order valence-corrected chi connectivity index (χ0v) is 16.7. The fourth-order valence-corrected chi connectivity index (χ4v) is 2.99. The predicted molar refractivity (Wildman–Crippen MR) is 110 cm³/mol. The van der Waals surface area contributed by atoms with Crippen LogP contribution in [0.1, 0.15) is 18.0 Å². The number of hydrogen-bond acceptors (Lipinski definition) is 5. The average Bonchev–Trinajstić information content (AvgIpc) is 3.34. The zero-order valence-electron chi connectivity index (χ0n) is 16.0. The highest BCUT2D eigenvalue weighted by molar-refractivity contribution is 6.30. The van der Waals surface area contributed by atoms with Crippen molar-refractivity contribution >= 4 is 23.3 Å². The Morgan fingerprint density at radius 1 is 1.17 bits per heavy atom. The number of amides is 1. The number of carbonyl (C=O) groups excluding carboxylic acids is 1. The van der Waals surface area contributed by atoms with Gasteiger partial charge < -0.3 is 9.84 Å². The molecule has 0 aliphatic carbocycles. The van der Waals surface area contributed by atoms with Crippen molar-refractivity contribution in [1.29, 1.82) is 0 Å². The van der Waals surface area contributed by atoms with Crippen LogP contribution in [0.15, 0.2) is 59.1 Å². The largest absolute Gasteiger partial charge is 0.339 e. The monoisotopic (exact) mass is 425 g/mol. The van der Waals surface area contributed by atoms with Crippen LogP contribution in [-0.2, 0) is 11.2 Å². The molecule has 0 unspecified atom stereocenters. The summed E-state index contributed by atoms with van der Waals surface area (Å²) >= 11 is 5.88. The Morgan fingerprint density at radius 2 is 1.90 bits per heavy atom. The van der Waals surface area contributed by atoms with E-state index in [0.717, 1.165) is 11.3 Å². The smallest absolute Gasteiger partial charge is 0.227 e. The van der Waals surface area contributed by atoms with E-state index >= 15 is 0 Å². The summed E-state index contributed by atoms with van der Waals surface area (Å²) in [6.45, 7) is 1.81. The van der Waals surface area contributed by atoms with Crippen LogP contribution in [0, 0.1) is 12.7 Å². The van der Waals surface area contributed by atoms with E-state index in [1.54, 1.807) is 47.1 Å². The quantitative estimate of drug-likeness (QED) is 0.488. The van der Waals surface area contributed by atoms with Crippen LogP contribution >= 0.6 is 11.6 Å². The van der Waals surface area contributed by atoms with Gasteiger partial charge in [-0.15, -0.1) is 0 Å². The third-order valence-electron chi connectivity index (χ3n) is 4.31. The molecule has 0 spiro atoms. The lowest BCUT2D eigenvalue weighted by Gasteiger charge is -2.08. The molecule has 0 aliphatic rings. The first-order chi connectivity index (χ1) is 14.5. The lowest BCUT2D eigenvalue weighted by Crippen LogP contribution is -2.15. The van der Waals surface area contributed by atoms with Gasteiger partial charge in [0.25, 0.3) is 0 Å². The molecule has 0 fully saturated rings. The van der Waals surface area contributed by atoms with Gasteiger partial charge in [-0.2, -0.15) is 10.1 Å². The average molecular weight is 426 g/mol. The number of hydrogen-bond donors (Lipinski definition) is 1. The maximum absolute atomic E-state index is 13.2. The number of nitrogens with one attached hydrogen (secondary N) is 1. The third-order valence-corrected chi connectivity index (χ3v) is 4.56. The molecule has 1 amide bonds. The number of carbonyl (C=O) groups is 1. The van der Waals surface area contributed by atoms with Crippen molar-refractivity contribution in [1.82, 2.24) is 19.9 Å². The number of halogens is 2. The third kappa shape index (κ3) is 4.55. The van der Waals surface area contributed by atoms with Crippen LogP contribution in [-0.4, -0.2) is 25.8 Å². The topological polar surface area (TPSA) is 85.8 Å². The Kier molecular flexibility index (Phi) is 5.58.